The summed E-state index contributed by atoms with van der Waals surface area (Å²) in [7, 11) is 5.69. The molecule has 47 heavy (non-hydrogen) atoms. The van der Waals surface area contributed by atoms with Crippen molar-refractivity contribution in [1.82, 2.24) is 9.80 Å². The summed E-state index contributed by atoms with van der Waals surface area (Å²) in [5.74, 6) is 2.38. The number of amides is 2. The highest BCUT2D eigenvalue weighted by atomic mass is 35.5. The molecule has 0 N–H and O–H groups in total. The second kappa shape index (κ2) is 15.9. The maximum Gasteiger partial charge on any atom is 0.236 e. The number of carbonyl (C=O) groups excluding carboxylic acids is 2. The van der Waals surface area contributed by atoms with Crippen LogP contribution in [0.3, 0.4) is 0 Å². The third-order valence-corrected chi connectivity index (χ3v) is 9.76. The molecule has 2 aliphatic heterocycles. The molecule has 6 rings (SSSR count). The Hall–Kier alpha value is -3.75. The SMILES string of the molecule is COc1cc2c(cc1OC(C)C)CN(c1ccc(N(C)CC3CCC(N4CCN(C)C(=O)C4)CC3)cc1)C(=O)C2.Clc1ccccc1. The van der Waals surface area contributed by atoms with Gasteiger partial charge in [-0.1, -0.05) is 29.8 Å². The zero-order chi connectivity index (χ0) is 33.5. The molecule has 3 aliphatic rings. The van der Waals surface area contributed by atoms with Gasteiger partial charge in [-0.25, -0.2) is 0 Å². The van der Waals surface area contributed by atoms with E-state index in [0.717, 1.165) is 47.2 Å². The molecule has 2 fully saturated rings. The number of methoxy groups -OCH3 is 1. The van der Waals surface area contributed by atoms with Gasteiger partial charge in [-0.2, -0.15) is 0 Å². The van der Waals surface area contributed by atoms with Gasteiger partial charge in [0.1, 0.15) is 0 Å². The maximum atomic E-state index is 13.1. The normalized spacial score (nSPS) is 20.0. The largest absolute Gasteiger partial charge is 0.493 e. The number of likely N-dealkylation sites (N-methyl/N-ethyl adjacent to an activating group) is 1. The van der Waals surface area contributed by atoms with Crippen molar-refractivity contribution in [2.24, 2.45) is 5.92 Å². The molecule has 3 aromatic rings. The molecule has 3 aromatic carbocycles. The fourth-order valence-corrected chi connectivity index (χ4v) is 6.93. The van der Waals surface area contributed by atoms with Gasteiger partial charge in [0, 0.05) is 56.2 Å². The summed E-state index contributed by atoms with van der Waals surface area (Å²) in [4.78, 5) is 33.7. The predicted octanol–water partition coefficient (Wildman–Crippen LogP) is 6.68. The van der Waals surface area contributed by atoms with E-state index in [2.05, 4.69) is 41.1 Å². The number of rotatable bonds is 8. The summed E-state index contributed by atoms with van der Waals surface area (Å²) in [6, 6.07) is 22.3. The lowest BCUT2D eigenvalue weighted by Crippen LogP contribution is -2.53. The van der Waals surface area contributed by atoms with Crippen molar-refractivity contribution < 1.29 is 19.1 Å². The van der Waals surface area contributed by atoms with E-state index in [1.807, 2.05) is 73.2 Å². The number of carbonyl (C=O) groups is 2. The Morgan fingerprint density at radius 3 is 2.15 bits per heavy atom. The first-order chi connectivity index (χ1) is 22.6. The smallest absolute Gasteiger partial charge is 0.236 e. The van der Waals surface area contributed by atoms with Gasteiger partial charge in [-0.15, -0.1) is 0 Å². The van der Waals surface area contributed by atoms with Crippen LogP contribution in [0.25, 0.3) is 0 Å². The minimum Gasteiger partial charge on any atom is -0.493 e. The van der Waals surface area contributed by atoms with Gasteiger partial charge >= 0.3 is 0 Å². The van der Waals surface area contributed by atoms with Crippen LogP contribution in [0.15, 0.2) is 66.7 Å². The summed E-state index contributed by atoms with van der Waals surface area (Å²) in [6.45, 7) is 7.94. The van der Waals surface area contributed by atoms with Crippen molar-refractivity contribution in [3.8, 4) is 11.5 Å². The van der Waals surface area contributed by atoms with E-state index in [0.29, 0.717) is 43.0 Å². The summed E-state index contributed by atoms with van der Waals surface area (Å²) >= 11 is 5.54. The van der Waals surface area contributed by atoms with Crippen molar-refractivity contribution in [2.75, 3.05) is 57.2 Å². The standard InChI is InChI=1S/C32H44N4O4.C6H5Cl/c1-22(2)40-30-17-25-20-36(31(37)18-24(25)16-29(30)39-5)28-12-10-26(11-13-28)34(4)19-23-6-8-27(9-7-23)35-15-14-33(3)32(38)21-35;7-6-4-2-1-3-5-6/h10-13,16-17,22-23,27H,6-9,14-15,18-21H2,1-5H3;1-5H. The summed E-state index contributed by atoms with van der Waals surface area (Å²) in [5, 5.41) is 0.794. The van der Waals surface area contributed by atoms with Gasteiger partial charge in [0.25, 0.3) is 0 Å². The van der Waals surface area contributed by atoms with Crippen molar-refractivity contribution in [3.63, 3.8) is 0 Å². The molecule has 0 aromatic heterocycles. The number of nitrogens with zero attached hydrogens (tertiary/aromatic N) is 4. The van der Waals surface area contributed by atoms with Crippen LogP contribution < -0.4 is 19.3 Å². The average molecular weight is 661 g/mol. The topological polar surface area (TPSA) is 65.6 Å². The molecule has 0 atom stereocenters. The minimum atomic E-state index is 0.0375. The van der Waals surface area contributed by atoms with E-state index < -0.39 is 0 Å². The van der Waals surface area contributed by atoms with E-state index in [1.54, 1.807) is 7.11 Å². The molecular formula is C38H49ClN4O4. The fourth-order valence-electron chi connectivity index (χ4n) is 6.79. The Bertz CT molecular complexity index is 1490. The molecule has 1 aliphatic carbocycles. The summed E-state index contributed by atoms with van der Waals surface area (Å²) in [5.41, 5.74) is 4.17. The lowest BCUT2D eigenvalue weighted by Gasteiger charge is -2.41. The van der Waals surface area contributed by atoms with Crippen LogP contribution in [0.1, 0.15) is 50.7 Å². The van der Waals surface area contributed by atoms with Gasteiger partial charge in [-0.3, -0.25) is 14.5 Å². The summed E-state index contributed by atoms with van der Waals surface area (Å²) in [6.07, 6.45) is 5.12. The van der Waals surface area contributed by atoms with Crippen LogP contribution in [0.5, 0.6) is 11.5 Å². The van der Waals surface area contributed by atoms with E-state index in [9.17, 15) is 9.59 Å². The zero-order valence-corrected chi connectivity index (χ0v) is 29.2. The van der Waals surface area contributed by atoms with Crippen molar-refractivity contribution >= 4 is 34.8 Å². The van der Waals surface area contributed by atoms with Gasteiger partial charge in [0.2, 0.25) is 11.8 Å². The van der Waals surface area contributed by atoms with Crippen LogP contribution >= 0.6 is 11.6 Å². The number of anilines is 2. The monoisotopic (exact) mass is 660 g/mol. The highest BCUT2D eigenvalue weighted by Gasteiger charge is 2.31. The van der Waals surface area contributed by atoms with E-state index in [-0.39, 0.29) is 17.9 Å². The van der Waals surface area contributed by atoms with Crippen molar-refractivity contribution in [1.29, 1.82) is 0 Å². The Morgan fingerprint density at radius 2 is 1.55 bits per heavy atom. The van der Waals surface area contributed by atoms with Gasteiger partial charge in [-0.05, 0) is 105 Å². The third-order valence-electron chi connectivity index (χ3n) is 9.51. The first-order valence-corrected chi connectivity index (χ1v) is 17.2. The molecule has 1 saturated heterocycles. The minimum absolute atomic E-state index is 0.0375. The maximum absolute atomic E-state index is 13.1. The van der Waals surface area contributed by atoms with Gasteiger partial charge in [0.05, 0.1) is 32.7 Å². The highest BCUT2D eigenvalue weighted by molar-refractivity contribution is 6.30. The molecule has 1 saturated carbocycles. The first kappa shape index (κ1) is 34.6. The van der Waals surface area contributed by atoms with E-state index in [1.165, 1.54) is 25.7 Å². The molecule has 2 heterocycles. The summed E-state index contributed by atoms with van der Waals surface area (Å²) < 4.78 is 11.5. The number of benzene rings is 3. The Kier molecular flexibility index (Phi) is 11.7. The molecule has 0 radical (unpaired) electrons. The number of piperazine rings is 1. The number of ether oxygens (including phenoxy) is 2. The average Bonchev–Trinajstić information content (AvgIpc) is 3.06. The van der Waals surface area contributed by atoms with Crippen LogP contribution in [0.2, 0.25) is 5.02 Å². The fraction of sp³-hybridized carbons (Fsp3) is 0.474. The van der Waals surface area contributed by atoms with Crippen LogP contribution in [0.4, 0.5) is 11.4 Å². The van der Waals surface area contributed by atoms with Gasteiger partial charge in [0.15, 0.2) is 11.5 Å². The van der Waals surface area contributed by atoms with Crippen LogP contribution in [-0.4, -0.2) is 81.1 Å². The quantitative estimate of drug-likeness (QED) is 0.269. The molecule has 0 unspecified atom stereocenters. The van der Waals surface area contributed by atoms with E-state index >= 15 is 0 Å². The highest BCUT2D eigenvalue weighted by Crippen LogP contribution is 2.36. The predicted molar refractivity (Wildman–Crippen MR) is 190 cm³/mol. The van der Waals surface area contributed by atoms with Crippen molar-refractivity contribution in [2.45, 2.75) is 64.6 Å². The Morgan fingerprint density at radius 1 is 0.872 bits per heavy atom. The molecule has 0 bridgehead atoms. The van der Waals surface area contributed by atoms with Crippen LogP contribution in [-0.2, 0) is 22.6 Å². The Labute approximate surface area is 285 Å². The lowest BCUT2D eigenvalue weighted by atomic mass is 9.84. The zero-order valence-electron chi connectivity index (χ0n) is 28.5. The molecular weight excluding hydrogens is 612 g/mol. The second-order valence-electron chi connectivity index (χ2n) is 13.2. The van der Waals surface area contributed by atoms with Gasteiger partial charge < -0.3 is 24.2 Å². The first-order valence-electron chi connectivity index (χ1n) is 16.8. The lowest BCUT2D eigenvalue weighted by molar-refractivity contribution is -0.135. The van der Waals surface area contributed by atoms with Crippen LogP contribution in [0, 0.1) is 5.92 Å². The third kappa shape index (κ3) is 8.99. The molecule has 252 valence electrons. The van der Waals surface area contributed by atoms with Crippen molar-refractivity contribution in [3.05, 3.63) is 82.9 Å². The number of fused-ring (bicyclic) bond motifs is 1. The second-order valence-corrected chi connectivity index (χ2v) is 13.7. The molecule has 9 heteroatoms. The molecule has 8 nitrogen and oxygen atoms in total. The molecule has 2 amide bonds. The van der Waals surface area contributed by atoms with E-state index in [4.69, 9.17) is 21.1 Å². The number of hydrogen-bond donors (Lipinski definition) is 0. The number of halogens is 1. The number of hydrogen-bond acceptors (Lipinski definition) is 6. The Balaban J connectivity index is 0.000000549. The molecule has 0 spiro atoms.